The molecule has 0 aliphatic carbocycles. The molecule has 0 atom stereocenters. The Morgan fingerprint density at radius 2 is 1.70 bits per heavy atom. The lowest BCUT2D eigenvalue weighted by atomic mass is 10.3. The van der Waals surface area contributed by atoms with E-state index in [9.17, 15) is 4.79 Å². The summed E-state index contributed by atoms with van der Waals surface area (Å²) in [5.74, 6) is 0.187. The van der Waals surface area contributed by atoms with Crippen LogP contribution in [-0.4, -0.2) is 26.3 Å². The van der Waals surface area contributed by atoms with E-state index in [0.717, 1.165) is 35.8 Å². The summed E-state index contributed by atoms with van der Waals surface area (Å²) in [4.78, 5) is 15.6. The summed E-state index contributed by atoms with van der Waals surface area (Å²) in [6.45, 7) is 0. The zero-order chi connectivity index (χ0) is 20.3. The van der Waals surface area contributed by atoms with Gasteiger partial charge in [-0.15, -0.1) is 10.2 Å². The fourth-order valence-corrected chi connectivity index (χ4v) is 5.73. The largest absolute Gasteiger partial charge is 0.324 e. The van der Waals surface area contributed by atoms with E-state index in [4.69, 9.17) is 0 Å². The number of hydrogen-bond acceptors (Lipinski definition) is 6. The van der Waals surface area contributed by atoms with Gasteiger partial charge in [-0.05, 0) is 36.4 Å². The van der Waals surface area contributed by atoms with Gasteiger partial charge in [0.15, 0.2) is 5.16 Å². The van der Waals surface area contributed by atoms with Crippen molar-refractivity contribution in [2.24, 2.45) is 0 Å². The lowest BCUT2D eigenvalue weighted by molar-refractivity contribution is -0.113. The second-order valence-corrected chi connectivity index (χ2v) is 9.49. The SMILES string of the molecule is O=C(CSc1nnc2sc3ccccc3n12)Nc1ccccc1Sc1ccccc1. The first kappa shape index (κ1) is 19.2. The van der Waals surface area contributed by atoms with Crippen LogP contribution in [0, 0.1) is 0 Å². The quantitative estimate of drug-likeness (QED) is 0.331. The Kier molecular flexibility index (Phi) is 5.44. The predicted octanol–water partition coefficient (Wildman–Crippen LogP) is 5.83. The van der Waals surface area contributed by atoms with Gasteiger partial charge in [0, 0.05) is 9.79 Å². The summed E-state index contributed by atoms with van der Waals surface area (Å²) in [7, 11) is 0. The van der Waals surface area contributed by atoms with Gasteiger partial charge in [0.05, 0.1) is 21.7 Å². The summed E-state index contributed by atoms with van der Waals surface area (Å²) in [6, 6.07) is 26.1. The number of carbonyl (C=O) groups is 1. The van der Waals surface area contributed by atoms with Gasteiger partial charge in [-0.1, -0.05) is 77.3 Å². The Morgan fingerprint density at radius 1 is 0.933 bits per heavy atom. The van der Waals surface area contributed by atoms with E-state index >= 15 is 0 Å². The molecule has 30 heavy (non-hydrogen) atoms. The number of rotatable bonds is 6. The van der Waals surface area contributed by atoms with Gasteiger partial charge < -0.3 is 5.32 Å². The average Bonchev–Trinajstić information content (AvgIpc) is 3.34. The van der Waals surface area contributed by atoms with Crippen molar-refractivity contribution >= 4 is 61.6 Å². The van der Waals surface area contributed by atoms with Gasteiger partial charge in [-0.25, -0.2) is 0 Å². The third-order valence-electron chi connectivity index (χ3n) is 4.38. The molecule has 5 rings (SSSR count). The minimum atomic E-state index is -0.0719. The maximum atomic E-state index is 12.7. The number of thiazole rings is 1. The van der Waals surface area contributed by atoms with Gasteiger partial charge >= 0.3 is 0 Å². The van der Waals surface area contributed by atoms with E-state index in [0.29, 0.717) is 0 Å². The Labute approximate surface area is 185 Å². The minimum absolute atomic E-state index is 0.0719. The number of para-hydroxylation sites is 2. The van der Waals surface area contributed by atoms with Crippen molar-refractivity contribution < 1.29 is 4.79 Å². The number of carbonyl (C=O) groups excluding carboxylic acids is 1. The van der Waals surface area contributed by atoms with E-state index in [1.54, 1.807) is 23.1 Å². The van der Waals surface area contributed by atoms with Gasteiger partial charge in [0.1, 0.15) is 0 Å². The number of fused-ring (bicyclic) bond motifs is 3. The molecule has 2 heterocycles. The topological polar surface area (TPSA) is 59.3 Å². The van der Waals surface area contributed by atoms with Crippen molar-refractivity contribution in [2.75, 3.05) is 11.1 Å². The highest BCUT2D eigenvalue weighted by molar-refractivity contribution is 8.00. The lowest BCUT2D eigenvalue weighted by Crippen LogP contribution is -2.14. The monoisotopic (exact) mass is 448 g/mol. The molecule has 0 saturated carbocycles. The fraction of sp³-hybridized carbons (Fsp3) is 0.0455. The molecule has 5 aromatic rings. The van der Waals surface area contributed by atoms with E-state index in [2.05, 4.69) is 33.7 Å². The Morgan fingerprint density at radius 3 is 2.60 bits per heavy atom. The molecule has 0 radical (unpaired) electrons. The summed E-state index contributed by atoms with van der Waals surface area (Å²) in [5.41, 5.74) is 1.87. The van der Waals surface area contributed by atoms with E-state index < -0.39 is 0 Å². The summed E-state index contributed by atoms with van der Waals surface area (Å²) in [6.07, 6.45) is 0. The van der Waals surface area contributed by atoms with Crippen molar-refractivity contribution in [3.05, 3.63) is 78.9 Å². The first-order chi connectivity index (χ1) is 14.8. The van der Waals surface area contributed by atoms with Crippen LogP contribution in [0.1, 0.15) is 0 Å². The second-order valence-electron chi connectivity index (χ2n) is 6.42. The summed E-state index contributed by atoms with van der Waals surface area (Å²) >= 11 is 4.62. The molecule has 148 valence electrons. The third-order valence-corrected chi connectivity index (χ3v) is 7.40. The zero-order valence-corrected chi connectivity index (χ0v) is 18.1. The van der Waals surface area contributed by atoms with Gasteiger partial charge in [-0.3, -0.25) is 9.20 Å². The second kappa shape index (κ2) is 8.51. The van der Waals surface area contributed by atoms with Crippen LogP contribution in [0.5, 0.6) is 0 Å². The molecule has 0 saturated heterocycles. The van der Waals surface area contributed by atoms with Crippen molar-refractivity contribution in [1.29, 1.82) is 0 Å². The maximum absolute atomic E-state index is 12.7. The van der Waals surface area contributed by atoms with Crippen LogP contribution >= 0.6 is 34.9 Å². The zero-order valence-electron chi connectivity index (χ0n) is 15.7. The molecule has 1 amide bonds. The van der Waals surface area contributed by atoms with Crippen LogP contribution in [-0.2, 0) is 4.79 Å². The Balaban J connectivity index is 1.30. The normalized spacial score (nSPS) is 11.2. The highest BCUT2D eigenvalue weighted by Crippen LogP contribution is 2.33. The highest BCUT2D eigenvalue weighted by atomic mass is 32.2. The van der Waals surface area contributed by atoms with Crippen LogP contribution in [0.25, 0.3) is 15.2 Å². The molecule has 2 aromatic heterocycles. The Bertz CT molecular complexity index is 1330. The molecule has 0 bridgehead atoms. The van der Waals surface area contributed by atoms with E-state index in [1.807, 2.05) is 65.1 Å². The first-order valence-electron chi connectivity index (χ1n) is 9.25. The third kappa shape index (κ3) is 3.94. The molecular weight excluding hydrogens is 432 g/mol. The molecule has 8 heteroatoms. The predicted molar refractivity (Wildman–Crippen MR) is 125 cm³/mol. The molecule has 0 fully saturated rings. The molecule has 0 aliphatic rings. The van der Waals surface area contributed by atoms with Crippen LogP contribution < -0.4 is 5.32 Å². The number of nitrogens with zero attached hydrogens (tertiary/aromatic N) is 3. The van der Waals surface area contributed by atoms with Crippen LogP contribution in [0.15, 0.2) is 93.8 Å². The van der Waals surface area contributed by atoms with Crippen LogP contribution in [0.2, 0.25) is 0 Å². The number of hydrogen-bond donors (Lipinski definition) is 1. The number of benzene rings is 3. The summed E-state index contributed by atoms with van der Waals surface area (Å²) < 4.78 is 3.16. The van der Waals surface area contributed by atoms with E-state index in [1.165, 1.54) is 11.8 Å². The van der Waals surface area contributed by atoms with Crippen molar-refractivity contribution in [2.45, 2.75) is 14.9 Å². The van der Waals surface area contributed by atoms with Gasteiger partial charge in [0.25, 0.3) is 0 Å². The number of thioether (sulfide) groups is 1. The van der Waals surface area contributed by atoms with Crippen molar-refractivity contribution in [3.8, 4) is 0 Å². The molecule has 0 spiro atoms. The smallest absolute Gasteiger partial charge is 0.234 e. The highest BCUT2D eigenvalue weighted by Gasteiger charge is 2.15. The molecule has 5 nitrogen and oxygen atoms in total. The number of nitrogens with one attached hydrogen (secondary N) is 1. The lowest BCUT2D eigenvalue weighted by Gasteiger charge is -2.10. The Hall–Kier alpha value is -2.81. The van der Waals surface area contributed by atoms with Crippen LogP contribution in [0.3, 0.4) is 0 Å². The fourth-order valence-electron chi connectivity index (χ4n) is 3.04. The molecular formula is C22H16N4OS3. The van der Waals surface area contributed by atoms with Crippen molar-refractivity contribution in [1.82, 2.24) is 14.6 Å². The average molecular weight is 449 g/mol. The molecule has 0 aliphatic heterocycles. The van der Waals surface area contributed by atoms with E-state index in [-0.39, 0.29) is 11.7 Å². The van der Waals surface area contributed by atoms with Crippen LogP contribution in [0.4, 0.5) is 5.69 Å². The van der Waals surface area contributed by atoms with Gasteiger partial charge in [-0.2, -0.15) is 0 Å². The minimum Gasteiger partial charge on any atom is -0.324 e. The molecule has 3 aromatic carbocycles. The first-order valence-corrected chi connectivity index (χ1v) is 11.9. The molecule has 1 N–H and O–H groups in total. The number of anilines is 1. The number of aromatic nitrogens is 3. The molecule has 0 unspecified atom stereocenters. The summed E-state index contributed by atoms with van der Waals surface area (Å²) in [5, 5.41) is 12.3. The number of amides is 1. The van der Waals surface area contributed by atoms with Gasteiger partial charge in [0.2, 0.25) is 10.9 Å². The maximum Gasteiger partial charge on any atom is 0.234 e. The standard InChI is InChI=1S/C22H16N4OS3/c27-20(23-16-10-4-6-12-18(16)29-15-8-2-1-3-9-15)14-28-21-24-25-22-26(21)17-11-5-7-13-19(17)30-22/h1-13H,14H2,(H,23,27). The van der Waals surface area contributed by atoms with Crippen molar-refractivity contribution in [3.63, 3.8) is 0 Å².